The Labute approximate surface area is 196 Å². The molecule has 174 valence electrons. The highest BCUT2D eigenvalue weighted by Gasteiger charge is 2.31. The van der Waals surface area contributed by atoms with Gasteiger partial charge in [-0.05, 0) is 31.2 Å². The minimum atomic E-state index is -0.814. The molecular weight excluding hydrogens is 456 g/mol. The van der Waals surface area contributed by atoms with Crippen LogP contribution in [-0.2, 0) is 6.54 Å². The van der Waals surface area contributed by atoms with Crippen molar-refractivity contribution in [1.82, 2.24) is 28.7 Å². The zero-order chi connectivity index (χ0) is 24.3. The number of nitrogens with zero attached hydrogens (tertiary/aromatic N) is 7. The van der Waals surface area contributed by atoms with Gasteiger partial charge in [-0.1, -0.05) is 0 Å². The largest absolute Gasteiger partial charge is 0.490 e. The van der Waals surface area contributed by atoms with Crippen molar-refractivity contribution in [1.29, 1.82) is 5.26 Å². The average Bonchev–Trinajstić information content (AvgIpc) is 3.40. The molecule has 5 aromatic rings. The van der Waals surface area contributed by atoms with Crippen LogP contribution in [0, 0.1) is 23.0 Å². The summed E-state index contributed by atoms with van der Waals surface area (Å²) in [5.74, 6) is -1.39. The number of ether oxygens (including phenoxy) is 1. The average molecular weight is 473 g/mol. The van der Waals surface area contributed by atoms with Crippen LogP contribution >= 0.6 is 0 Å². The molecule has 2 aromatic carbocycles. The molecule has 9 nitrogen and oxygen atoms in total. The number of rotatable bonds is 3. The van der Waals surface area contributed by atoms with Crippen molar-refractivity contribution < 1.29 is 13.5 Å². The van der Waals surface area contributed by atoms with Crippen LogP contribution in [0.15, 0.2) is 47.7 Å². The SMILES string of the molecule is CCn1c(=O)n(C2CCOc3c(F)cc(F)cc32)c2nc(-n3cnc4ccc(C#N)cc43)ncc21. The summed E-state index contributed by atoms with van der Waals surface area (Å²) < 4.78 is 38.7. The molecule has 1 aliphatic heterocycles. The lowest BCUT2D eigenvalue weighted by molar-refractivity contribution is 0.242. The van der Waals surface area contributed by atoms with Gasteiger partial charge in [-0.3, -0.25) is 13.7 Å². The third-order valence-electron chi connectivity index (χ3n) is 6.25. The van der Waals surface area contributed by atoms with Crippen molar-refractivity contribution in [3.63, 3.8) is 0 Å². The minimum Gasteiger partial charge on any atom is -0.490 e. The molecule has 4 heterocycles. The summed E-state index contributed by atoms with van der Waals surface area (Å²) in [7, 11) is 0. The molecule has 1 unspecified atom stereocenters. The van der Waals surface area contributed by atoms with Gasteiger partial charge in [-0.25, -0.2) is 23.5 Å². The Morgan fingerprint density at radius 3 is 2.86 bits per heavy atom. The van der Waals surface area contributed by atoms with E-state index in [1.54, 1.807) is 35.3 Å². The lowest BCUT2D eigenvalue weighted by Crippen LogP contribution is -2.31. The summed E-state index contributed by atoms with van der Waals surface area (Å²) in [5, 5.41) is 9.28. The predicted molar refractivity (Wildman–Crippen MR) is 121 cm³/mol. The summed E-state index contributed by atoms with van der Waals surface area (Å²) >= 11 is 0. The van der Waals surface area contributed by atoms with Gasteiger partial charge in [0, 0.05) is 24.6 Å². The summed E-state index contributed by atoms with van der Waals surface area (Å²) in [6, 6.07) is 8.46. The number of hydrogen-bond donors (Lipinski definition) is 0. The van der Waals surface area contributed by atoms with Gasteiger partial charge in [-0.2, -0.15) is 10.2 Å². The maximum absolute atomic E-state index is 14.5. The Balaban J connectivity index is 1.61. The summed E-state index contributed by atoms with van der Waals surface area (Å²) in [4.78, 5) is 27.0. The number of nitriles is 1. The third kappa shape index (κ3) is 3.10. The Morgan fingerprint density at radius 2 is 2.06 bits per heavy atom. The molecule has 0 saturated carbocycles. The van der Waals surface area contributed by atoms with Crippen LogP contribution in [0.25, 0.3) is 28.1 Å². The first-order valence-electron chi connectivity index (χ1n) is 11.0. The van der Waals surface area contributed by atoms with E-state index in [9.17, 15) is 18.8 Å². The second-order valence-corrected chi connectivity index (χ2v) is 8.16. The molecule has 0 radical (unpaired) electrons. The molecule has 3 aromatic heterocycles. The van der Waals surface area contributed by atoms with Crippen molar-refractivity contribution in [3.05, 3.63) is 76.1 Å². The maximum Gasteiger partial charge on any atom is 0.330 e. The Hall–Kier alpha value is -4.59. The van der Waals surface area contributed by atoms with E-state index in [1.807, 2.05) is 6.92 Å². The summed E-state index contributed by atoms with van der Waals surface area (Å²) in [6.45, 7) is 2.34. The number of hydrogen-bond acceptors (Lipinski definition) is 6. The number of aryl methyl sites for hydroxylation is 1. The molecule has 1 aliphatic rings. The van der Waals surface area contributed by atoms with E-state index in [2.05, 4.69) is 21.0 Å². The van der Waals surface area contributed by atoms with Crippen LogP contribution in [0.2, 0.25) is 0 Å². The van der Waals surface area contributed by atoms with Crippen LogP contribution in [0.3, 0.4) is 0 Å². The second-order valence-electron chi connectivity index (χ2n) is 8.16. The van der Waals surface area contributed by atoms with Crippen molar-refractivity contribution in [3.8, 4) is 17.8 Å². The number of fused-ring (bicyclic) bond motifs is 3. The van der Waals surface area contributed by atoms with Gasteiger partial charge in [0.05, 0.1) is 41.5 Å². The maximum atomic E-state index is 14.5. The van der Waals surface area contributed by atoms with E-state index in [0.29, 0.717) is 40.7 Å². The number of halogens is 2. The summed E-state index contributed by atoms with van der Waals surface area (Å²) in [5.41, 5.74) is 2.44. The lowest BCUT2D eigenvalue weighted by atomic mass is 10.00. The van der Waals surface area contributed by atoms with E-state index in [4.69, 9.17) is 4.74 Å². The van der Waals surface area contributed by atoms with Crippen LogP contribution in [-0.4, -0.2) is 35.3 Å². The fourth-order valence-electron chi connectivity index (χ4n) is 4.66. The van der Waals surface area contributed by atoms with Gasteiger partial charge < -0.3 is 4.74 Å². The number of aromatic nitrogens is 6. The van der Waals surface area contributed by atoms with Crippen molar-refractivity contribution in [2.45, 2.75) is 25.9 Å². The first kappa shape index (κ1) is 21.0. The zero-order valence-corrected chi connectivity index (χ0v) is 18.4. The smallest absolute Gasteiger partial charge is 0.330 e. The number of imidazole rings is 2. The quantitative estimate of drug-likeness (QED) is 0.398. The molecule has 0 fully saturated rings. The van der Waals surface area contributed by atoms with Gasteiger partial charge in [0.1, 0.15) is 17.7 Å². The molecule has 0 saturated heterocycles. The zero-order valence-electron chi connectivity index (χ0n) is 18.4. The van der Waals surface area contributed by atoms with Gasteiger partial charge in [0.25, 0.3) is 0 Å². The van der Waals surface area contributed by atoms with Gasteiger partial charge in [0.2, 0.25) is 5.95 Å². The molecule has 6 rings (SSSR count). The fourth-order valence-corrected chi connectivity index (χ4v) is 4.66. The highest BCUT2D eigenvalue weighted by Crippen LogP contribution is 2.38. The van der Waals surface area contributed by atoms with Crippen LogP contribution in [0.4, 0.5) is 8.78 Å². The molecule has 0 spiro atoms. The molecule has 0 amide bonds. The van der Waals surface area contributed by atoms with Crippen LogP contribution < -0.4 is 10.4 Å². The van der Waals surface area contributed by atoms with E-state index < -0.39 is 17.7 Å². The second kappa shape index (κ2) is 7.73. The van der Waals surface area contributed by atoms with Gasteiger partial charge in [-0.15, -0.1) is 0 Å². The fraction of sp³-hybridized carbons (Fsp3) is 0.208. The Morgan fingerprint density at radius 1 is 1.20 bits per heavy atom. The monoisotopic (exact) mass is 473 g/mol. The topological polar surface area (TPSA) is 104 Å². The standard InChI is InChI=1S/C24H17F2N7O2/c1-2-31-20-11-28-23(32-12-29-17-4-3-13(10-27)7-19(17)32)30-22(20)33(24(31)34)18-5-6-35-21-15(18)8-14(25)9-16(21)26/h3-4,7-9,11-12,18H,2,5-6H2,1H3. The van der Waals surface area contributed by atoms with Crippen LogP contribution in [0.5, 0.6) is 5.75 Å². The van der Waals surface area contributed by atoms with Gasteiger partial charge >= 0.3 is 5.69 Å². The number of benzene rings is 2. The summed E-state index contributed by atoms with van der Waals surface area (Å²) in [6.07, 6.45) is 3.42. The molecule has 0 N–H and O–H groups in total. The van der Waals surface area contributed by atoms with E-state index in [1.165, 1.54) is 15.2 Å². The Bertz CT molecular complexity index is 1750. The molecular formula is C24H17F2N7O2. The first-order valence-corrected chi connectivity index (χ1v) is 11.0. The van der Waals surface area contributed by atoms with Crippen molar-refractivity contribution >= 4 is 22.2 Å². The first-order chi connectivity index (χ1) is 17.0. The Kier molecular flexibility index (Phi) is 4.63. The van der Waals surface area contributed by atoms with Crippen molar-refractivity contribution in [2.75, 3.05) is 6.61 Å². The molecule has 0 aliphatic carbocycles. The van der Waals surface area contributed by atoms with E-state index >= 15 is 0 Å². The van der Waals surface area contributed by atoms with E-state index in [0.717, 1.165) is 6.07 Å². The normalized spacial score (nSPS) is 15.2. The minimum absolute atomic E-state index is 0.0640. The highest BCUT2D eigenvalue weighted by molar-refractivity contribution is 5.79. The highest BCUT2D eigenvalue weighted by atomic mass is 19.1. The molecule has 0 bridgehead atoms. The molecule has 1 atom stereocenters. The lowest BCUT2D eigenvalue weighted by Gasteiger charge is -2.27. The third-order valence-corrected chi connectivity index (χ3v) is 6.25. The van der Waals surface area contributed by atoms with Crippen LogP contribution in [0.1, 0.15) is 30.5 Å². The van der Waals surface area contributed by atoms with Crippen molar-refractivity contribution in [2.24, 2.45) is 0 Å². The molecule has 35 heavy (non-hydrogen) atoms. The van der Waals surface area contributed by atoms with Gasteiger partial charge in [0.15, 0.2) is 17.2 Å². The predicted octanol–water partition coefficient (Wildman–Crippen LogP) is 3.47. The molecule has 11 heteroatoms. The van der Waals surface area contributed by atoms with E-state index in [-0.39, 0.29) is 29.6 Å².